The van der Waals surface area contributed by atoms with Gasteiger partial charge in [0.05, 0.1) is 37.1 Å². The molecule has 2 aromatic rings. The Morgan fingerprint density at radius 3 is 2.36 bits per heavy atom. The number of Topliss-reactive ketones (excluding diaryl/α,β-unsaturated/α-hetero) is 1. The van der Waals surface area contributed by atoms with Crippen molar-refractivity contribution < 1.29 is 24.2 Å². The number of nitrogens with zero attached hydrogens (tertiary/aromatic N) is 4. The summed E-state index contributed by atoms with van der Waals surface area (Å²) in [5.41, 5.74) is 2.45. The Labute approximate surface area is 194 Å². The summed E-state index contributed by atoms with van der Waals surface area (Å²) >= 11 is 0. The molecule has 9 heteroatoms. The van der Waals surface area contributed by atoms with Crippen molar-refractivity contribution in [1.82, 2.24) is 19.6 Å². The second kappa shape index (κ2) is 9.66. The molecule has 1 amide bonds. The number of aliphatic hydroxyl groups excluding tert-OH is 1. The van der Waals surface area contributed by atoms with Gasteiger partial charge in [-0.3, -0.25) is 14.3 Å². The highest BCUT2D eigenvalue weighted by Crippen LogP contribution is 2.42. The van der Waals surface area contributed by atoms with E-state index in [1.807, 2.05) is 25.9 Å². The highest BCUT2D eigenvalue weighted by atomic mass is 16.5. The van der Waals surface area contributed by atoms with E-state index in [9.17, 15) is 14.7 Å². The molecule has 1 fully saturated rings. The van der Waals surface area contributed by atoms with Crippen LogP contribution >= 0.6 is 0 Å². The third-order valence-corrected chi connectivity index (χ3v) is 6.01. The summed E-state index contributed by atoms with van der Waals surface area (Å²) < 4.78 is 12.4. The molecule has 2 heterocycles. The van der Waals surface area contributed by atoms with Crippen molar-refractivity contribution in [3.05, 3.63) is 46.3 Å². The number of likely N-dealkylation sites (tertiary alicyclic amines) is 1. The molecular weight excluding hydrogens is 424 g/mol. The van der Waals surface area contributed by atoms with Crippen molar-refractivity contribution in [3.8, 4) is 11.5 Å². The molecule has 9 nitrogen and oxygen atoms in total. The van der Waals surface area contributed by atoms with Gasteiger partial charge in [0.1, 0.15) is 5.76 Å². The maximum Gasteiger partial charge on any atom is 0.295 e. The van der Waals surface area contributed by atoms with Crippen molar-refractivity contribution in [1.29, 1.82) is 0 Å². The van der Waals surface area contributed by atoms with Gasteiger partial charge < -0.3 is 24.4 Å². The monoisotopic (exact) mass is 456 g/mol. The zero-order valence-electron chi connectivity index (χ0n) is 20.3. The first-order valence-electron chi connectivity index (χ1n) is 10.8. The van der Waals surface area contributed by atoms with Crippen molar-refractivity contribution >= 4 is 17.4 Å². The van der Waals surface area contributed by atoms with Crippen LogP contribution in [0, 0.1) is 13.8 Å². The minimum atomic E-state index is -0.758. The smallest absolute Gasteiger partial charge is 0.295 e. The largest absolute Gasteiger partial charge is 0.507 e. The Hall–Kier alpha value is -3.33. The molecule has 0 spiro atoms. The fourth-order valence-corrected chi connectivity index (χ4v) is 4.29. The van der Waals surface area contributed by atoms with Gasteiger partial charge in [-0.1, -0.05) is 6.07 Å². The highest BCUT2D eigenvalue weighted by molar-refractivity contribution is 6.46. The first-order valence-corrected chi connectivity index (χ1v) is 10.8. The number of aryl methyl sites for hydroxylation is 2. The van der Waals surface area contributed by atoms with E-state index in [1.165, 1.54) is 12.0 Å². The van der Waals surface area contributed by atoms with Gasteiger partial charge in [0.15, 0.2) is 11.5 Å². The molecule has 1 aliphatic heterocycles. The van der Waals surface area contributed by atoms with E-state index in [4.69, 9.17) is 9.47 Å². The Bertz CT molecular complexity index is 1100. The number of benzene rings is 1. The summed E-state index contributed by atoms with van der Waals surface area (Å²) in [5, 5.41) is 15.7. The molecule has 178 valence electrons. The Morgan fingerprint density at radius 1 is 1.15 bits per heavy atom. The lowest BCUT2D eigenvalue weighted by Crippen LogP contribution is -2.32. The van der Waals surface area contributed by atoms with Gasteiger partial charge in [-0.2, -0.15) is 5.10 Å². The van der Waals surface area contributed by atoms with E-state index in [-0.39, 0.29) is 11.3 Å². The SMILES string of the molecule is COc1ccc([C@H]2C(=C(O)c3c(C)nn(C)c3C)C(=O)C(=O)N2CCCN(C)C)cc1OC. The number of carbonyl (C=O) groups is 2. The number of aliphatic hydroxyl groups is 1. The van der Waals surface area contributed by atoms with Crippen LogP contribution in [0.5, 0.6) is 11.5 Å². The number of amides is 1. The lowest BCUT2D eigenvalue weighted by molar-refractivity contribution is -0.139. The van der Waals surface area contributed by atoms with E-state index >= 15 is 0 Å². The van der Waals surface area contributed by atoms with Gasteiger partial charge in [-0.05, 0) is 58.6 Å². The number of carbonyl (C=O) groups excluding carboxylic acids is 2. The third kappa shape index (κ3) is 4.45. The molecule has 3 rings (SSSR count). The van der Waals surface area contributed by atoms with Crippen LogP contribution in [0.1, 0.15) is 35.0 Å². The molecule has 0 aliphatic carbocycles. The molecule has 1 N–H and O–H groups in total. The second-order valence-corrected chi connectivity index (χ2v) is 8.43. The van der Waals surface area contributed by atoms with Crippen LogP contribution in [0.15, 0.2) is 23.8 Å². The molecule has 1 aliphatic rings. The average Bonchev–Trinajstić information content (AvgIpc) is 3.18. The normalized spacial score (nSPS) is 17.8. The average molecular weight is 457 g/mol. The van der Waals surface area contributed by atoms with Gasteiger partial charge in [-0.15, -0.1) is 0 Å². The molecule has 1 aromatic carbocycles. The summed E-state index contributed by atoms with van der Waals surface area (Å²) in [6.45, 7) is 4.69. The van der Waals surface area contributed by atoms with Crippen LogP contribution in [0.25, 0.3) is 5.76 Å². The molecule has 1 saturated heterocycles. The summed E-state index contributed by atoms with van der Waals surface area (Å²) in [7, 11) is 8.74. The number of hydrogen-bond acceptors (Lipinski definition) is 7. The number of hydrogen-bond donors (Lipinski definition) is 1. The fraction of sp³-hybridized carbons (Fsp3) is 0.458. The van der Waals surface area contributed by atoms with Crippen LogP contribution in [-0.4, -0.2) is 77.8 Å². The van der Waals surface area contributed by atoms with Crippen LogP contribution in [0.3, 0.4) is 0 Å². The molecule has 0 radical (unpaired) electrons. The van der Waals surface area contributed by atoms with Gasteiger partial charge in [0.25, 0.3) is 11.7 Å². The predicted octanol–water partition coefficient (Wildman–Crippen LogP) is 2.43. The topological polar surface area (TPSA) is 97.1 Å². The van der Waals surface area contributed by atoms with Crippen LogP contribution in [0.2, 0.25) is 0 Å². The third-order valence-electron chi connectivity index (χ3n) is 6.01. The van der Waals surface area contributed by atoms with E-state index < -0.39 is 17.7 Å². The zero-order chi connectivity index (χ0) is 24.4. The lowest BCUT2D eigenvalue weighted by Gasteiger charge is -2.26. The van der Waals surface area contributed by atoms with Crippen molar-refractivity contribution in [3.63, 3.8) is 0 Å². The summed E-state index contributed by atoms with van der Waals surface area (Å²) in [6.07, 6.45) is 0.675. The van der Waals surface area contributed by atoms with Crippen molar-refractivity contribution in [2.45, 2.75) is 26.3 Å². The fourth-order valence-electron chi connectivity index (χ4n) is 4.29. The quantitative estimate of drug-likeness (QED) is 0.370. The number of ketones is 1. The zero-order valence-corrected chi connectivity index (χ0v) is 20.3. The molecule has 1 atom stereocenters. The molecular formula is C24H32N4O5. The van der Waals surface area contributed by atoms with Crippen molar-refractivity contribution in [2.75, 3.05) is 41.4 Å². The summed E-state index contributed by atoms with van der Waals surface area (Å²) in [6, 6.07) is 4.50. The van der Waals surface area contributed by atoms with E-state index in [0.717, 1.165) is 6.54 Å². The number of aromatic nitrogens is 2. The van der Waals surface area contributed by atoms with Crippen LogP contribution in [0.4, 0.5) is 0 Å². The summed E-state index contributed by atoms with van der Waals surface area (Å²) in [5.74, 6) is -0.548. The first-order chi connectivity index (χ1) is 15.6. The van der Waals surface area contributed by atoms with Gasteiger partial charge >= 0.3 is 0 Å². The van der Waals surface area contributed by atoms with Gasteiger partial charge in [0, 0.05) is 19.3 Å². The minimum absolute atomic E-state index is 0.0521. The number of methoxy groups -OCH3 is 2. The van der Waals surface area contributed by atoms with E-state index in [1.54, 1.807) is 44.0 Å². The minimum Gasteiger partial charge on any atom is -0.507 e. The Kier molecular flexibility index (Phi) is 7.12. The van der Waals surface area contributed by atoms with Gasteiger partial charge in [0.2, 0.25) is 0 Å². The summed E-state index contributed by atoms with van der Waals surface area (Å²) in [4.78, 5) is 29.9. The van der Waals surface area contributed by atoms with Crippen molar-refractivity contribution in [2.24, 2.45) is 7.05 Å². The first kappa shape index (κ1) is 24.3. The van der Waals surface area contributed by atoms with Crippen LogP contribution < -0.4 is 9.47 Å². The number of ether oxygens (including phenoxy) is 2. The van der Waals surface area contributed by atoms with E-state index in [2.05, 4.69) is 5.10 Å². The Morgan fingerprint density at radius 2 is 1.82 bits per heavy atom. The highest BCUT2D eigenvalue weighted by Gasteiger charge is 2.46. The second-order valence-electron chi connectivity index (χ2n) is 8.43. The lowest BCUT2D eigenvalue weighted by atomic mass is 9.94. The predicted molar refractivity (Wildman–Crippen MR) is 124 cm³/mol. The van der Waals surface area contributed by atoms with E-state index in [0.29, 0.717) is 47.0 Å². The molecule has 1 aromatic heterocycles. The molecule has 33 heavy (non-hydrogen) atoms. The molecule has 0 saturated carbocycles. The van der Waals surface area contributed by atoms with Gasteiger partial charge in [-0.25, -0.2) is 0 Å². The van der Waals surface area contributed by atoms with Crippen LogP contribution in [-0.2, 0) is 16.6 Å². The molecule has 0 unspecified atom stereocenters. The Balaban J connectivity index is 2.20. The maximum absolute atomic E-state index is 13.2. The standard InChI is InChI=1S/C24H32N4O5/c1-14-19(15(2)27(5)25-14)22(29)20-21(16-9-10-17(32-6)18(13-16)33-7)28(24(31)23(20)30)12-8-11-26(3)4/h9-10,13,21,29H,8,11-12H2,1-7H3/t21-/m0/s1. The number of rotatable bonds is 8. The maximum atomic E-state index is 13.2. The molecule has 0 bridgehead atoms.